The first-order valence-electron chi connectivity index (χ1n) is 7.85. The van der Waals surface area contributed by atoms with Crippen LogP contribution in [0.25, 0.3) is 22.4 Å². The number of hydrogen-bond donors (Lipinski definition) is 1. The van der Waals surface area contributed by atoms with Crippen LogP contribution in [0.4, 0.5) is 13.2 Å². The van der Waals surface area contributed by atoms with Crippen LogP contribution in [0.5, 0.6) is 0 Å². The Labute approximate surface area is 148 Å². The standard InChI is InChI=1S/C19H16F3N3O/c1-23-18(26)15-16(24-25(2)17(15)19(20,21)22)14-11-7-6-10-13(14)12-8-4-3-5-9-12/h3-11H,1-2H3,(H,23,26). The molecule has 4 nitrogen and oxygen atoms in total. The van der Waals surface area contributed by atoms with E-state index in [-0.39, 0.29) is 5.69 Å². The van der Waals surface area contributed by atoms with E-state index in [4.69, 9.17) is 0 Å². The largest absolute Gasteiger partial charge is 0.433 e. The van der Waals surface area contributed by atoms with Gasteiger partial charge in [0.05, 0.1) is 5.56 Å². The van der Waals surface area contributed by atoms with Gasteiger partial charge in [-0.05, 0) is 11.1 Å². The third-order valence-electron chi connectivity index (χ3n) is 4.04. The molecule has 26 heavy (non-hydrogen) atoms. The van der Waals surface area contributed by atoms with E-state index in [0.29, 0.717) is 15.8 Å². The summed E-state index contributed by atoms with van der Waals surface area (Å²) >= 11 is 0. The molecular formula is C19H16F3N3O. The van der Waals surface area contributed by atoms with E-state index in [0.717, 1.165) is 5.56 Å². The Hall–Kier alpha value is -3.09. The van der Waals surface area contributed by atoms with Gasteiger partial charge in [0.2, 0.25) is 0 Å². The normalized spacial score (nSPS) is 11.4. The lowest BCUT2D eigenvalue weighted by atomic mass is 9.95. The van der Waals surface area contributed by atoms with Crippen LogP contribution in [0, 0.1) is 0 Å². The fourth-order valence-corrected chi connectivity index (χ4v) is 2.94. The second-order valence-corrected chi connectivity index (χ2v) is 5.68. The number of carbonyl (C=O) groups is 1. The summed E-state index contributed by atoms with van der Waals surface area (Å²) in [6.45, 7) is 0. The predicted molar refractivity (Wildman–Crippen MR) is 92.5 cm³/mol. The van der Waals surface area contributed by atoms with E-state index in [1.165, 1.54) is 14.1 Å². The molecule has 0 saturated carbocycles. The van der Waals surface area contributed by atoms with Crippen molar-refractivity contribution in [1.82, 2.24) is 15.1 Å². The molecule has 0 saturated heterocycles. The number of aryl methyl sites for hydroxylation is 1. The van der Waals surface area contributed by atoms with Gasteiger partial charge in [0.25, 0.3) is 5.91 Å². The van der Waals surface area contributed by atoms with Gasteiger partial charge in [0.1, 0.15) is 5.69 Å². The Bertz CT molecular complexity index is 946. The molecule has 1 heterocycles. The molecule has 1 aromatic heterocycles. The van der Waals surface area contributed by atoms with Crippen LogP contribution in [0.15, 0.2) is 54.6 Å². The fourth-order valence-electron chi connectivity index (χ4n) is 2.94. The van der Waals surface area contributed by atoms with Crippen molar-refractivity contribution in [2.24, 2.45) is 7.05 Å². The summed E-state index contributed by atoms with van der Waals surface area (Å²) in [7, 11) is 2.48. The molecule has 0 spiro atoms. The van der Waals surface area contributed by atoms with Crippen LogP contribution in [-0.4, -0.2) is 22.7 Å². The molecule has 134 valence electrons. The summed E-state index contributed by atoms with van der Waals surface area (Å²) in [6.07, 6.45) is -4.70. The van der Waals surface area contributed by atoms with Crippen molar-refractivity contribution in [3.05, 3.63) is 65.9 Å². The van der Waals surface area contributed by atoms with Gasteiger partial charge in [-0.2, -0.15) is 18.3 Å². The van der Waals surface area contributed by atoms with E-state index >= 15 is 0 Å². The number of rotatable bonds is 3. The van der Waals surface area contributed by atoms with Crippen LogP contribution in [-0.2, 0) is 13.2 Å². The van der Waals surface area contributed by atoms with Crippen LogP contribution in [0.3, 0.4) is 0 Å². The van der Waals surface area contributed by atoms with Crippen molar-refractivity contribution >= 4 is 5.91 Å². The van der Waals surface area contributed by atoms with Crippen LogP contribution < -0.4 is 5.32 Å². The number of benzene rings is 2. The molecule has 0 aliphatic rings. The first-order valence-corrected chi connectivity index (χ1v) is 7.85. The van der Waals surface area contributed by atoms with Gasteiger partial charge in [0, 0.05) is 19.7 Å². The quantitative estimate of drug-likeness (QED) is 0.764. The van der Waals surface area contributed by atoms with Gasteiger partial charge in [-0.15, -0.1) is 0 Å². The minimum absolute atomic E-state index is 0.00127. The van der Waals surface area contributed by atoms with Crippen molar-refractivity contribution in [2.75, 3.05) is 7.05 Å². The van der Waals surface area contributed by atoms with Gasteiger partial charge in [0.15, 0.2) is 5.69 Å². The monoisotopic (exact) mass is 359 g/mol. The topological polar surface area (TPSA) is 46.9 Å². The van der Waals surface area contributed by atoms with Crippen molar-refractivity contribution in [3.63, 3.8) is 0 Å². The van der Waals surface area contributed by atoms with Crippen molar-refractivity contribution in [2.45, 2.75) is 6.18 Å². The van der Waals surface area contributed by atoms with Crippen LogP contribution in [0.2, 0.25) is 0 Å². The first kappa shape index (κ1) is 17.7. The maximum absolute atomic E-state index is 13.5. The molecule has 0 radical (unpaired) electrons. The second-order valence-electron chi connectivity index (χ2n) is 5.68. The smallest absolute Gasteiger partial charge is 0.355 e. The lowest BCUT2D eigenvalue weighted by Gasteiger charge is -2.11. The van der Waals surface area contributed by atoms with Crippen molar-refractivity contribution in [1.29, 1.82) is 0 Å². The number of nitrogens with one attached hydrogen (secondary N) is 1. The molecule has 0 atom stereocenters. The van der Waals surface area contributed by atoms with Crippen molar-refractivity contribution < 1.29 is 18.0 Å². The highest BCUT2D eigenvalue weighted by Crippen LogP contribution is 2.39. The number of hydrogen-bond acceptors (Lipinski definition) is 2. The number of amides is 1. The number of alkyl halides is 3. The van der Waals surface area contributed by atoms with Gasteiger partial charge < -0.3 is 5.32 Å². The van der Waals surface area contributed by atoms with E-state index < -0.39 is 23.3 Å². The molecule has 1 N–H and O–H groups in total. The highest BCUT2D eigenvalue weighted by molar-refractivity contribution is 6.03. The van der Waals surface area contributed by atoms with Gasteiger partial charge in [-0.25, -0.2) is 0 Å². The summed E-state index contributed by atoms with van der Waals surface area (Å²) in [5.41, 5.74) is 0.429. The lowest BCUT2D eigenvalue weighted by Crippen LogP contribution is -2.23. The predicted octanol–water partition coefficient (Wildman–Crippen LogP) is 4.13. The molecule has 0 unspecified atom stereocenters. The number of aromatic nitrogens is 2. The third-order valence-corrected chi connectivity index (χ3v) is 4.04. The number of nitrogens with zero attached hydrogens (tertiary/aromatic N) is 2. The molecule has 2 aromatic carbocycles. The minimum Gasteiger partial charge on any atom is -0.355 e. The first-order chi connectivity index (χ1) is 12.3. The average molecular weight is 359 g/mol. The zero-order valence-corrected chi connectivity index (χ0v) is 14.1. The second kappa shape index (κ2) is 6.67. The van der Waals surface area contributed by atoms with Gasteiger partial charge >= 0.3 is 6.18 Å². The maximum Gasteiger partial charge on any atom is 0.433 e. The highest BCUT2D eigenvalue weighted by atomic mass is 19.4. The summed E-state index contributed by atoms with van der Waals surface area (Å²) in [5, 5.41) is 6.32. The molecule has 3 rings (SSSR count). The summed E-state index contributed by atoms with van der Waals surface area (Å²) in [4.78, 5) is 12.3. The van der Waals surface area contributed by atoms with Gasteiger partial charge in [-0.1, -0.05) is 54.6 Å². The Morgan fingerprint density at radius 1 is 1.00 bits per heavy atom. The maximum atomic E-state index is 13.5. The number of halogens is 3. The molecule has 0 fully saturated rings. The van der Waals surface area contributed by atoms with Crippen molar-refractivity contribution in [3.8, 4) is 22.4 Å². The summed E-state index contributed by atoms with van der Waals surface area (Å²) in [5.74, 6) is -0.830. The number of carbonyl (C=O) groups excluding carboxylic acids is 1. The van der Waals surface area contributed by atoms with Crippen LogP contribution in [0.1, 0.15) is 16.1 Å². The SMILES string of the molecule is CNC(=O)c1c(-c2ccccc2-c2ccccc2)nn(C)c1C(F)(F)F. The van der Waals surface area contributed by atoms with Gasteiger partial charge in [-0.3, -0.25) is 9.48 Å². The lowest BCUT2D eigenvalue weighted by molar-refractivity contribution is -0.144. The third kappa shape index (κ3) is 3.08. The molecule has 0 bridgehead atoms. The zero-order chi connectivity index (χ0) is 18.9. The Kier molecular flexibility index (Phi) is 4.54. The van der Waals surface area contributed by atoms with E-state index in [9.17, 15) is 18.0 Å². The van der Waals surface area contributed by atoms with E-state index in [2.05, 4.69) is 10.4 Å². The van der Waals surface area contributed by atoms with E-state index in [1.54, 1.807) is 24.3 Å². The molecule has 0 aliphatic carbocycles. The summed E-state index contributed by atoms with van der Waals surface area (Å²) in [6, 6.07) is 16.2. The van der Waals surface area contributed by atoms with E-state index in [1.807, 2.05) is 30.3 Å². The average Bonchev–Trinajstić information content (AvgIpc) is 2.99. The molecular weight excluding hydrogens is 343 g/mol. The van der Waals surface area contributed by atoms with Crippen LogP contribution >= 0.6 is 0 Å². The highest BCUT2D eigenvalue weighted by Gasteiger charge is 2.41. The Balaban J connectivity index is 2.32. The summed E-state index contributed by atoms with van der Waals surface area (Å²) < 4.78 is 41.3. The fraction of sp³-hybridized carbons (Fsp3) is 0.158. The Morgan fingerprint density at radius 2 is 1.58 bits per heavy atom. The zero-order valence-electron chi connectivity index (χ0n) is 14.1. The minimum atomic E-state index is -4.70. The molecule has 1 amide bonds. The Morgan fingerprint density at radius 3 is 2.15 bits per heavy atom. The molecule has 3 aromatic rings. The molecule has 7 heteroatoms. The molecule has 0 aliphatic heterocycles.